The molecule has 5 heteroatoms. The monoisotopic (exact) mass is 313 g/mol. The van der Waals surface area contributed by atoms with Crippen molar-refractivity contribution in [1.82, 2.24) is 20.4 Å². The van der Waals surface area contributed by atoms with Gasteiger partial charge in [-0.05, 0) is 18.1 Å². The molecule has 2 rings (SSSR count). The van der Waals surface area contributed by atoms with Crippen LogP contribution in [0, 0.1) is 5.92 Å². The third kappa shape index (κ3) is 5.13. The lowest BCUT2D eigenvalue weighted by molar-refractivity contribution is 0.481. The van der Waals surface area contributed by atoms with Crippen molar-refractivity contribution in [3.63, 3.8) is 0 Å². The van der Waals surface area contributed by atoms with Crippen LogP contribution in [0.4, 0.5) is 0 Å². The predicted octanol–water partition coefficient (Wildman–Crippen LogP) is 2.97. The molecule has 2 aromatic rings. The van der Waals surface area contributed by atoms with Crippen molar-refractivity contribution in [1.29, 1.82) is 0 Å². The van der Waals surface area contributed by atoms with E-state index in [1.807, 2.05) is 47.4 Å². The zero-order chi connectivity index (χ0) is 16.5. The van der Waals surface area contributed by atoms with E-state index >= 15 is 0 Å². The van der Waals surface area contributed by atoms with Crippen LogP contribution >= 0.6 is 0 Å². The van der Waals surface area contributed by atoms with Crippen LogP contribution in [0.1, 0.15) is 32.3 Å². The molecule has 0 radical (unpaired) electrons. The number of rotatable bonds is 7. The van der Waals surface area contributed by atoms with Gasteiger partial charge in [-0.15, -0.1) is 0 Å². The standard InChI is InChI=1S/C18H27N5/c1-4-15(5-2)11-20-18(19-3)21-12-16-13-22-23(14-16)17-9-7-6-8-10-17/h6-10,13-15H,4-5,11-12H2,1-3H3,(H2,19,20,21). The smallest absolute Gasteiger partial charge is 0.191 e. The van der Waals surface area contributed by atoms with Gasteiger partial charge in [0.15, 0.2) is 5.96 Å². The fourth-order valence-corrected chi connectivity index (χ4v) is 2.40. The molecule has 1 aromatic heterocycles. The Labute approximate surface area is 138 Å². The predicted molar refractivity (Wildman–Crippen MR) is 95.8 cm³/mol. The van der Waals surface area contributed by atoms with Gasteiger partial charge in [-0.25, -0.2) is 4.68 Å². The van der Waals surface area contributed by atoms with Crippen LogP contribution in [-0.2, 0) is 6.54 Å². The van der Waals surface area contributed by atoms with E-state index in [0.29, 0.717) is 12.5 Å². The van der Waals surface area contributed by atoms with Crippen molar-refractivity contribution in [3.05, 3.63) is 48.3 Å². The third-order valence-corrected chi connectivity index (χ3v) is 4.05. The van der Waals surface area contributed by atoms with Gasteiger partial charge in [0.05, 0.1) is 11.9 Å². The number of hydrogen-bond acceptors (Lipinski definition) is 2. The molecule has 0 amide bonds. The minimum absolute atomic E-state index is 0.689. The van der Waals surface area contributed by atoms with Crippen molar-refractivity contribution >= 4 is 5.96 Å². The summed E-state index contributed by atoms with van der Waals surface area (Å²) in [5.41, 5.74) is 2.19. The van der Waals surface area contributed by atoms with Gasteiger partial charge in [-0.2, -0.15) is 5.10 Å². The van der Waals surface area contributed by atoms with Crippen LogP contribution in [-0.4, -0.2) is 29.3 Å². The molecule has 0 unspecified atom stereocenters. The van der Waals surface area contributed by atoms with E-state index in [-0.39, 0.29) is 0 Å². The first kappa shape index (κ1) is 17.1. The number of aromatic nitrogens is 2. The SMILES string of the molecule is CCC(CC)CNC(=NC)NCc1cnn(-c2ccccc2)c1. The van der Waals surface area contributed by atoms with E-state index in [9.17, 15) is 0 Å². The highest BCUT2D eigenvalue weighted by atomic mass is 15.3. The molecule has 0 atom stereocenters. The number of nitrogens with one attached hydrogen (secondary N) is 2. The molecule has 0 aliphatic heterocycles. The molecule has 124 valence electrons. The fraction of sp³-hybridized carbons (Fsp3) is 0.444. The maximum Gasteiger partial charge on any atom is 0.191 e. The highest BCUT2D eigenvalue weighted by Gasteiger charge is 2.06. The fourth-order valence-electron chi connectivity index (χ4n) is 2.40. The first-order chi connectivity index (χ1) is 11.3. The summed E-state index contributed by atoms with van der Waals surface area (Å²) >= 11 is 0. The van der Waals surface area contributed by atoms with E-state index in [2.05, 4.69) is 34.6 Å². The average molecular weight is 313 g/mol. The summed E-state index contributed by atoms with van der Waals surface area (Å²) in [4.78, 5) is 4.28. The molecule has 1 heterocycles. The van der Waals surface area contributed by atoms with Crippen LogP contribution in [0.3, 0.4) is 0 Å². The summed E-state index contributed by atoms with van der Waals surface area (Å²) < 4.78 is 1.89. The van der Waals surface area contributed by atoms with E-state index in [1.54, 1.807) is 7.05 Å². The van der Waals surface area contributed by atoms with Crippen molar-refractivity contribution in [2.24, 2.45) is 10.9 Å². The van der Waals surface area contributed by atoms with Crippen molar-refractivity contribution < 1.29 is 0 Å². The highest BCUT2D eigenvalue weighted by molar-refractivity contribution is 5.79. The number of para-hydroxylation sites is 1. The van der Waals surface area contributed by atoms with Gasteiger partial charge in [-0.3, -0.25) is 4.99 Å². The van der Waals surface area contributed by atoms with Crippen LogP contribution in [0.2, 0.25) is 0 Å². The summed E-state index contributed by atoms with van der Waals surface area (Å²) in [5, 5.41) is 11.1. The maximum absolute atomic E-state index is 4.41. The molecule has 0 saturated heterocycles. The molecular formula is C18H27N5. The minimum atomic E-state index is 0.689. The van der Waals surface area contributed by atoms with Gasteiger partial charge in [0.2, 0.25) is 0 Å². The van der Waals surface area contributed by atoms with E-state index < -0.39 is 0 Å². The Morgan fingerprint density at radius 1 is 1.17 bits per heavy atom. The Morgan fingerprint density at radius 2 is 1.91 bits per heavy atom. The molecule has 5 nitrogen and oxygen atoms in total. The molecule has 0 aliphatic carbocycles. The van der Waals surface area contributed by atoms with E-state index in [4.69, 9.17) is 0 Å². The first-order valence-electron chi connectivity index (χ1n) is 8.30. The lowest BCUT2D eigenvalue weighted by atomic mass is 10.0. The van der Waals surface area contributed by atoms with Gasteiger partial charge >= 0.3 is 0 Å². The molecule has 0 aliphatic rings. The van der Waals surface area contributed by atoms with Crippen LogP contribution in [0.5, 0.6) is 0 Å². The zero-order valence-electron chi connectivity index (χ0n) is 14.3. The molecule has 23 heavy (non-hydrogen) atoms. The summed E-state index contributed by atoms with van der Waals surface area (Å²) in [5.74, 6) is 1.53. The Hall–Kier alpha value is -2.30. The Bertz CT molecular complexity index is 599. The lowest BCUT2D eigenvalue weighted by Gasteiger charge is -2.16. The number of nitrogens with zero attached hydrogens (tertiary/aromatic N) is 3. The number of guanidine groups is 1. The molecule has 2 N–H and O–H groups in total. The number of benzene rings is 1. The molecule has 0 fully saturated rings. The van der Waals surface area contributed by atoms with Crippen molar-refractivity contribution in [3.8, 4) is 5.69 Å². The number of hydrogen-bond donors (Lipinski definition) is 2. The van der Waals surface area contributed by atoms with Crippen molar-refractivity contribution in [2.75, 3.05) is 13.6 Å². The second-order valence-electron chi connectivity index (χ2n) is 5.62. The van der Waals surface area contributed by atoms with Gasteiger partial charge in [-0.1, -0.05) is 44.9 Å². The molecule has 0 bridgehead atoms. The topological polar surface area (TPSA) is 54.2 Å². The second-order valence-corrected chi connectivity index (χ2v) is 5.62. The molecule has 0 spiro atoms. The molecule has 0 saturated carbocycles. The maximum atomic E-state index is 4.41. The normalized spacial score (nSPS) is 11.7. The highest BCUT2D eigenvalue weighted by Crippen LogP contribution is 2.07. The van der Waals surface area contributed by atoms with Gasteiger partial charge in [0.25, 0.3) is 0 Å². The van der Waals surface area contributed by atoms with Crippen molar-refractivity contribution in [2.45, 2.75) is 33.2 Å². The van der Waals surface area contributed by atoms with E-state index in [0.717, 1.165) is 23.8 Å². The Balaban J connectivity index is 1.86. The van der Waals surface area contributed by atoms with Crippen LogP contribution in [0.15, 0.2) is 47.7 Å². The third-order valence-electron chi connectivity index (χ3n) is 4.05. The largest absolute Gasteiger partial charge is 0.356 e. The summed E-state index contributed by atoms with van der Waals surface area (Å²) in [6.07, 6.45) is 6.29. The van der Waals surface area contributed by atoms with Crippen LogP contribution < -0.4 is 10.6 Å². The molecular weight excluding hydrogens is 286 g/mol. The summed E-state index contributed by atoms with van der Waals surface area (Å²) in [6.45, 7) is 6.11. The lowest BCUT2D eigenvalue weighted by Crippen LogP contribution is -2.39. The quantitative estimate of drug-likeness (QED) is 0.610. The van der Waals surface area contributed by atoms with E-state index in [1.165, 1.54) is 12.8 Å². The minimum Gasteiger partial charge on any atom is -0.356 e. The average Bonchev–Trinajstić information content (AvgIpc) is 3.08. The van der Waals surface area contributed by atoms with Gasteiger partial charge in [0, 0.05) is 31.9 Å². The summed E-state index contributed by atoms with van der Waals surface area (Å²) in [7, 11) is 1.80. The Kier molecular flexibility index (Phi) is 6.66. The second kappa shape index (κ2) is 8.98. The van der Waals surface area contributed by atoms with Gasteiger partial charge < -0.3 is 10.6 Å². The first-order valence-corrected chi connectivity index (χ1v) is 8.30. The zero-order valence-corrected chi connectivity index (χ0v) is 14.3. The number of aliphatic imine (C=N–C) groups is 1. The van der Waals surface area contributed by atoms with Gasteiger partial charge in [0.1, 0.15) is 0 Å². The van der Waals surface area contributed by atoms with Crippen LogP contribution in [0.25, 0.3) is 5.69 Å². The Morgan fingerprint density at radius 3 is 2.57 bits per heavy atom. The molecule has 1 aromatic carbocycles. The summed E-state index contributed by atoms with van der Waals surface area (Å²) in [6, 6.07) is 10.1.